The molecule has 0 bridgehead atoms. The normalized spacial score (nSPS) is 14.5. The Labute approximate surface area is 83.1 Å². The van der Waals surface area contributed by atoms with Crippen LogP contribution >= 0.6 is 0 Å². The van der Waals surface area contributed by atoms with E-state index in [0.717, 1.165) is 18.9 Å². The summed E-state index contributed by atoms with van der Waals surface area (Å²) in [5, 5.41) is 3.28. The van der Waals surface area contributed by atoms with E-state index in [9.17, 15) is 0 Å². The molecule has 0 aromatic heterocycles. The quantitative estimate of drug-likeness (QED) is 0.642. The molecular formula is C9H23NO2Si. The van der Waals surface area contributed by atoms with Crippen molar-refractivity contribution in [3.05, 3.63) is 0 Å². The summed E-state index contributed by atoms with van der Waals surface area (Å²) in [4.78, 5) is 0. The monoisotopic (exact) mass is 205 g/mol. The lowest BCUT2D eigenvalue weighted by molar-refractivity contribution is 0.246. The van der Waals surface area contributed by atoms with Crippen LogP contribution in [-0.4, -0.2) is 35.9 Å². The molecular weight excluding hydrogens is 182 g/mol. The standard InChI is InChI=1S/C9H23NO2Si/c1-6-9(10-2)7-8-13(5,11-3)12-4/h9-10H,6-8H2,1-5H3. The molecule has 4 heteroatoms. The molecule has 80 valence electrons. The molecule has 1 N–H and O–H groups in total. The van der Waals surface area contributed by atoms with E-state index < -0.39 is 8.56 Å². The highest BCUT2D eigenvalue weighted by atomic mass is 28.4. The summed E-state index contributed by atoms with van der Waals surface area (Å²) in [5.41, 5.74) is 0. The van der Waals surface area contributed by atoms with E-state index >= 15 is 0 Å². The Morgan fingerprint density at radius 1 is 1.31 bits per heavy atom. The molecule has 0 saturated heterocycles. The minimum absolute atomic E-state index is 0.595. The minimum atomic E-state index is -1.83. The third kappa shape index (κ3) is 4.76. The Morgan fingerprint density at radius 2 is 1.85 bits per heavy atom. The molecule has 0 saturated carbocycles. The maximum Gasteiger partial charge on any atom is 0.334 e. The molecule has 0 aliphatic rings. The van der Waals surface area contributed by atoms with Gasteiger partial charge in [0.2, 0.25) is 0 Å². The second-order valence-electron chi connectivity index (χ2n) is 3.47. The number of hydrogen-bond acceptors (Lipinski definition) is 3. The highest BCUT2D eigenvalue weighted by molar-refractivity contribution is 6.65. The van der Waals surface area contributed by atoms with Crippen LogP contribution in [-0.2, 0) is 8.85 Å². The van der Waals surface area contributed by atoms with E-state index in [0.29, 0.717) is 6.04 Å². The van der Waals surface area contributed by atoms with Crippen LogP contribution in [0.25, 0.3) is 0 Å². The van der Waals surface area contributed by atoms with Gasteiger partial charge >= 0.3 is 8.56 Å². The van der Waals surface area contributed by atoms with Gasteiger partial charge in [0.15, 0.2) is 0 Å². The van der Waals surface area contributed by atoms with E-state index in [2.05, 4.69) is 18.8 Å². The van der Waals surface area contributed by atoms with Crippen LogP contribution in [0, 0.1) is 0 Å². The molecule has 0 spiro atoms. The van der Waals surface area contributed by atoms with Gasteiger partial charge in [0.25, 0.3) is 0 Å². The first-order valence-corrected chi connectivity index (χ1v) is 7.41. The maximum absolute atomic E-state index is 5.42. The highest BCUT2D eigenvalue weighted by Gasteiger charge is 2.28. The van der Waals surface area contributed by atoms with Gasteiger partial charge in [0.05, 0.1) is 0 Å². The summed E-state index contributed by atoms with van der Waals surface area (Å²) in [6.07, 6.45) is 2.30. The number of rotatable bonds is 7. The van der Waals surface area contributed by atoms with E-state index in [1.165, 1.54) is 0 Å². The first-order chi connectivity index (χ1) is 6.11. The molecule has 1 unspecified atom stereocenters. The van der Waals surface area contributed by atoms with Gasteiger partial charge in [-0.15, -0.1) is 0 Å². The summed E-state index contributed by atoms with van der Waals surface area (Å²) in [6.45, 7) is 4.30. The molecule has 0 radical (unpaired) electrons. The van der Waals surface area contributed by atoms with Gasteiger partial charge < -0.3 is 14.2 Å². The van der Waals surface area contributed by atoms with Crippen molar-refractivity contribution < 1.29 is 8.85 Å². The van der Waals surface area contributed by atoms with Crippen LogP contribution in [0.4, 0.5) is 0 Å². The lowest BCUT2D eigenvalue weighted by atomic mass is 10.2. The third-order valence-corrected chi connectivity index (χ3v) is 5.64. The molecule has 0 amide bonds. The van der Waals surface area contributed by atoms with Crippen molar-refractivity contribution in [2.45, 2.75) is 38.4 Å². The van der Waals surface area contributed by atoms with Gasteiger partial charge in [-0.2, -0.15) is 0 Å². The Balaban J connectivity index is 3.83. The number of nitrogens with one attached hydrogen (secondary N) is 1. The Hall–Kier alpha value is 0.0969. The van der Waals surface area contributed by atoms with Gasteiger partial charge in [-0.3, -0.25) is 0 Å². The second-order valence-corrected chi connectivity index (χ2v) is 7.06. The van der Waals surface area contributed by atoms with E-state index in [4.69, 9.17) is 8.85 Å². The van der Waals surface area contributed by atoms with Crippen molar-refractivity contribution >= 4 is 8.56 Å². The summed E-state index contributed by atoms with van der Waals surface area (Å²) in [6, 6.07) is 1.65. The van der Waals surface area contributed by atoms with Crippen molar-refractivity contribution in [1.29, 1.82) is 0 Å². The summed E-state index contributed by atoms with van der Waals surface area (Å²) in [7, 11) is 3.67. The molecule has 13 heavy (non-hydrogen) atoms. The van der Waals surface area contributed by atoms with Crippen LogP contribution < -0.4 is 5.32 Å². The molecule has 0 aromatic rings. The Kier molecular flexibility index (Phi) is 6.58. The van der Waals surface area contributed by atoms with Crippen LogP contribution in [0.2, 0.25) is 12.6 Å². The van der Waals surface area contributed by atoms with Crippen molar-refractivity contribution in [2.75, 3.05) is 21.3 Å². The lowest BCUT2D eigenvalue weighted by Crippen LogP contribution is -2.38. The van der Waals surface area contributed by atoms with Crippen LogP contribution in [0.5, 0.6) is 0 Å². The van der Waals surface area contributed by atoms with Crippen LogP contribution in [0.15, 0.2) is 0 Å². The molecule has 0 aliphatic heterocycles. The van der Waals surface area contributed by atoms with Gasteiger partial charge in [0.1, 0.15) is 0 Å². The van der Waals surface area contributed by atoms with E-state index in [1.54, 1.807) is 14.2 Å². The van der Waals surface area contributed by atoms with Crippen LogP contribution in [0.1, 0.15) is 19.8 Å². The lowest BCUT2D eigenvalue weighted by Gasteiger charge is -2.24. The fraction of sp³-hybridized carbons (Fsp3) is 1.00. The molecule has 0 aromatic carbocycles. The van der Waals surface area contributed by atoms with Crippen molar-refractivity contribution in [1.82, 2.24) is 5.32 Å². The summed E-state index contributed by atoms with van der Waals surface area (Å²) in [5.74, 6) is 0. The Morgan fingerprint density at radius 3 is 2.15 bits per heavy atom. The number of hydrogen-bond donors (Lipinski definition) is 1. The molecule has 0 heterocycles. The van der Waals surface area contributed by atoms with Crippen molar-refractivity contribution in [3.63, 3.8) is 0 Å². The topological polar surface area (TPSA) is 30.5 Å². The molecule has 0 fully saturated rings. The van der Waals surface area contributed by atoms with Gasteiger partial charge in [-0.1, -0.05) is 6.92 Å². The SMILES string of the molecule is CCC(CC[Si](C)(OC)OC)NC. The van der Waals surface area contributed by atoms with Crippen molar-refractivity contribution in [3.8, 4) is 0 Å². The average molecular weight is 205 g/mol. The molecule has 1 atom stereocenters. The zero-order valence-corrected chi connectivity index (χ0v) is 10.5. The maximum atomic E-state index is 5.42. The molecule has 0 aliphatic carbocycles. The largest absolute Gasteiger partial charge is 0.398 e. The highest BCUT2D eigenvalue weighted by Crippen LogP contribution is 2.16. The van der Waals surface area contributed by atoms with Crippen LogP contribution in [0.3, 0.4) is 0 Å². The zero-order valence-electron chi connectivity index (χ0n) is 9.52. The first kappa shape index (κ1) is 13.1. The fourth-order valence-corrected chi connectivity index (χ4v) is 2.72. The van der Waals surface area contributed by atoms with Crippen molar-refractivity contribution in [2.24, 2.45) is 0 Å². The Bertz CT molecular complexity index is 125. The smallest absolute Gasteiger partial charge is 0.334 e. The predicted molar refractivity (Wildman–Crippen MR) is 58.2 cm³/mol. The molecule has 0 rings (SSSR count). The molecule has 3 nitrogen and oxygen atoms in total. The van der Waals surface area contributed by atoms with E-state index in [1.807, 2.05) is 7.05 Å². The summed E-state index contributed by atoms with van der Waals surface area (Å²) < 4.78 is 10.8. The predicted octanol–water partition coefficient (Wildman–Crippen LogP) is 1.74. The van der Waals surface area contributed by atoms with Gasteiger partial charge in [-0.05, 0) is 32.5 Å². The zero-order chi connectivity index (χ0) is 10.3. The minimum Gasteiger partial charge on any atom is -0.398 e. The third-order valence-electron chi connectivity index (χ3n) is 2.71. The average Bonchev–Trinajstić information content (AvgIpc) is 2.19. The first-order valence-electron chi connectivity index (χ1n) is 4.89. The fourth-order valence-electron chi connectivity index (χ4n) is 1.28. The van der Waals surface area contributed by atoms with Gasteiger partial charge in [-0.25, -0.2) is 0 Å². The van der Waals surface area contributed by atoms with E-state index in [-0.39, 0.29) is 0 Å². The van der Waals surface area contributed by atoms with Gasteiger partial charge in [0, 0.05) is 20.3 Å². The second kappa shape index (κ2) is 6.54. The summed E-state index contributed by atoms with van der Waals surface area (Å²) >= 11 is 0.